The highest BCUT2D eigenvalue weighted by atomic mass is 32.1. The number of nitrogens with zero attached hydrogens (tertiary/aromatic N) is 3. The summed E-state index contributed by atoms with van der Waals surface area (Å²) in [6.07, 6.45) is 0.586. The average Bonchev–Trinajstić information content (AvgIpc) is 3.16. The minimum absolute atomic E-state index is 0.0938. The van der Waals surface area contributed by atoms with Crippen LogP contribution < -0.4 is 5.56 Å². The summed E-state index contributed by atoms with van der Waals surface area (Å²) in [5, 5.41) is 13.2. The van der Waals surface area contributed by atoms with E-state index in [1.165, 1.54) is 17.4 Å². The fraction of sp³-hybridized carbons (Fsp3) is 0.222. The van der Waals surface area contributed by atoms with Crippen LogP contribution in [0.3, 0.4) is 0 Å². The Bertz CT molecular complexity index is 1010. The van der Waals surface area contributed by atoms with E-state index in [0.29, 0.717) is 43.0 Å². The molecule has 1 aromatic carbocycles. The zero-order valence-corrected chi connectivity index (χ0v) is 14.7. The van der Waals surface area contributed by atoms with Gasteiger partial charge in [-0.1, -0.05) is 24.3 Å². The van der Waals surface area contributed by atoms with E-state index in [0.717, 1.165) is 10.6 Å². The fourth-order valence-corrected chi connectivity index (χ4v) is 3.89. The van der Waals surface area contributed by atoms with E-state index in [2.05, 4.69) is 14.9 Å². The van der Waals surface area contributed by atoms with E-state index in [1.807, 2.05) is 17.5 Å². The van der Waals surface area contributed by atoms with Gasteiger partial charge in [0.15, 0.2) is 5.82 Å². The zero-order valence-electron chi connectivity index (χ0n) is 13.8. The second-order valence-electron chi connectivity index (χ2n) is 6.16. The highest BCUT2D eigenvalue weighted by Gasteiger charge is 2.23. The van der Waals surface area contributed by atoms with Crippen LogP contribution in [-0.2, 0) is 19.5 Å². The number of nitrogens with one attached hydrogen (secondary N) is 1. The number of fused-ring (bicyclic) bond motifs is 1. The predicted molar refractivity (Wildman–Crippen MR) is 99.1 cm³/mol. The van der Waals surface area contributed by atoms with Crippen LogP contribution in [0, 0.1) is 10.1 Å². The lowest BCUT2D eigenvalue weighted by Crippen LogP contribution is -2.35. The molecule has 1 aliphatic rings. The van der Waals surface area contributed by atoms with Crippen LogP contribution in [0.2, 0.25) is 0 Å². The van der Waals surface area contributed by atoms with Crippen molar-refractivity contribution < 1.29 is 4.92 Å². The number of hydrogen-bond acceptors (Lipinski definition) is 6. The van der Waals surface area contributed by atoms with Gasteiger partial charge in [0, 0.05) is 36.8 Å². The maximum absolute atomic E-state index is 12.4. The van der Waals surface area contributed by atoms with Gasteiger partial charge in [-0.3, -0.25) is 19.8 Å². The Hall–Kier alpha value is -2.84. The molecule has 0 unspecified atom stereocenters. The van der Waals surface area contributed by atoms with Gasteiger partial charge in [0.1, 0.15) is 0 Å². The molecular weight excluding hydrogens is 352 g/mol. The van der Waals surface area contributed by atoms with E-state index in [9.17, 15) is 14.9 Å². The summed E-state index contributed by atoms with van der Waals surface area (Å²) in [6, 6.07) is 10.6. The molecule has 1 aliphatic heterocycles. The number of H-pyrrole nitrogens is 1. The largest absolute Gasteiger partial charge is 0.306 e. The van der Waals surface area contributed by atoms with E-state index in [-0.39, 0.29) is 16.2 Å². The normalized spacial score (nSPS) is 14.2. The number of benzene rings is 1. The Morgan fingerprint density at radius 2 is 2.12 bits per heavy atom. The molecule has 3 heterocycles. The van der Waals surface area contributed by atoms with Crippen molar-refractivity contribution in [3.8, 4) is 10.7 Å². The van der Waals surface area contributed by atoms with Gasteiger partial charge >= 0.3 is 0 Å². The molecule has 1 N–H and O–H groups in total. The first-order valence-corrected chi connectivity index (χ1v) is 9.10. The molecule has 0 spiro atoms. The number of nitro benzene ring substituents is 1. The molecule has 0 saturated heterocycles. The van der Waals surface area contributed by atoms with Gasteiger partial charge in [-0.2, -0.15) is 0 Å². The summed E-state index contributed by atoms with van der Waals surface area (Å²) in [7, 11) is 0. The first kappa shape index (κ1) is 16.6. The van der Waals surface area contributed by atoms with Gasteiger partial charge in [0.05, 0.1) is 15.5 Å². The maximum atomic E-state index is 12.4. The smallest absolute Gasteiger partial charge is 0.273 e. The molecule has 7 nitrogen and oxygen atoms in total. The van der Waals surface area contributed by atoms with Crippen LogP contribution in [0.4, 0.5) is 5.69 Å². The Kier molecular flexibility index (Phi) is 4.36. The Balaban J connectivity index is 1.62. The van der Waals surface area contributed by atoms with Gasteiger partial charge in [0.25, 0.3) is 11.2 Å². The van der Waals surface area contributed by atoms with Gasteiger partial charge in [-0.05, 0) is 17.9 Å². The van der Waals surface area contributed by atoms with Crippen molar-refractivity contribution in [1.82, 2.24) is 14.9 Å². The van der Waals surface area contributed by atoms with Gasteiger partial charge in [-0.25, -0.2) is 4.98 Å². The van der Waals surface area contributed by atoms with Gasteiger partial charge in [0.2, 0.25) is 0 Å². The number of para-hydroxylation sites is 1. The van der Waals surface area contributed by atoms with Crippen molar-refractivity contribution in [2.75, 3.05) is 6.54 Å². The number of thiophene rings is 1. The van der Waals surface area contributed by atoms with Crippen molar-refractivity contribution in [3.05, 3.63) is 79.1 Å². The van der Waals surface area contributed by atoms with Crippen LogP contribution in [-0.4, -0.2) is 26.3 Å². The highest BCUT2D eigenvalue weighted by molar-refractivity contribution is 7.13. The van der Waals surface area contributed by atoms with Crippen LogP contribution >= 0.6 is 11.3 Å². The topological polar surface area (TPSA) is 92.1 Å². The molecule has 0 atom stereocenters. The number of aromatic nitrogens is 2. The Morgan fingerprint density at radius 1 is 1.27 bits per heavy atom. The third-order valence-corrected chi connectivity index (χ3v) is 5.37. The molecule has 0 radical (unpaired) electrons. The third kappa shape index (κ3) is 3.16. The SMILES string of the molecule is O=c1[nH]c(-c2cccs2)nc2c1CCN(Cc1ccccc1[N+](=O)[O-])C2. The molecule has 2 aromatic heterocycles. The van der Waals surface area contributed by atoms with Crippen molar-refractivity contribution >= 4 is 17.0 Å². The summed E-state index contributed by atoms with van der Waals surface area (Å²) < 4.78 is 0. The second kappa shape index (κ2) is 6.81. The van der Waals surface area contributed by atoms with E-state index in [4.69, 9.17) is 0 Å². The molecule has 4 rings (SSSR count). The summed E-state index contributed by atoms with van der Waals surface area (Å²) in [5.41, 5.74) is 2.16. The number of hydrogen-bond donors (Lipinski definition) is 1. The average molecular weight is 368 g/mol. The summed E-state index contributed by atoms with van der Waals surface area (Å²) in [5.74, 6) is 0.580. The second-order valence-corrected chi connectivity index (χ2v) is 7.11. The minimum atomic E-state index is -0.356. The lowest BCUT2D eigenvalue weighted by Gasteiger charge is -2.27. The molecule has 0 bridgehead atoms. The van der Waals surface area contributed by atoms with Crippen LogP contribution in [0.15, 0.2) is 46.6 Å². The van der Waals surface area contributed by atoms with Crippen molar-refractivity contribution in [1.29, 1.82) is 0 Å². The molecule has 0 saturated carbocycles. The maximum Gasteiger partial charge on any atom is 0.273 e. The van der Waals surface area contributed by atoms with Gasteiger partial charge < -0.3 is 4.98 Å². The zero-order chi connectivity index (χ0) is 18.1. The van der Waals surface area contributed by atoms with Gasteiger partial charge in [-0.15, -0.1) is 11.3 Å². The third-order valence-electron chi connectivity index (χ3n) is 4.49. The number of nitro groups is 1. The highest BCUT2D eigenvalue weighted by Crippen LogP contribution is 2.25. The van der Waals surface area contributed by atoms with Crippen LogP contribution in [0.1, 0.15) is 16.8 Å². The molecule has 0 amide bonds. The molecule has 3 aromatic rings. The molecule has 0 aliphatic carbocycles. The minimum Gasteiger partial charge on any atom is -0.306 e. The summed E-state index contributed by atoms with van der Waals surface area (Å²) in [6.45, 7) is 1.63. The fourth-order valence-electron chi connectivity index (χ4n) is 3.22. The molecule has 0 fully saturated rings. The number of aromatic amines is 1. The number of rotatable bonds is 4. The van der Waals surface area contributed by atoms with Crippen LogP contribution in [0.25, 0.3) is 10.7 Å². The molecular formula is C18H16N4O3S. The standard InChI is InChI=1S/C18H16N4O3S/c23-18-13-7-8-21(10-12-4-1-2-5-15(12)22(24)25)11-14(13)19-17(20-18)16-6-3-9-26-16/h1-6,9H,7-8,10-11H2,(H,19,20,23). The van der Waals surface area contributed by atoms with Crippen molar-refractivity contribution in [2.45, 2.75) is 19.5 Å². The van der Waals surface area contributed by atoms with E-state index < -0.39 is 0 Å². The van der Waals surface area contributed by atoms with Crippen molar-refractivity contribution in [3.63, 3.8) is 0 Å². The van der Waals surface area contributed by atoms with Crippen molar-refractivity contribution in [2.24, 2.45) is 0 Å². The molecule has 8 heteroatoms. The summed E-state index contributed by atoms with van der Waals surface area (Å²) in [4.78, 5) is 33.8. The molecule has 132 valence electrons. The predicted octanol–water partition coefficient (Wildman–Crippen LogP) is 2.96. The first-order chi connectivity index (χ1) is 12.6. The lowest BCUT2D eigenvalue weighted by atomic mass is 10.0. The Morgan fingerprint density at radius 3 is 2.88 bits per heavy atom. The Labute approximate surface area is 153 Å². The van der Waals surface area contributed by atoms with E-state index in [1.54, 1.807) is 18.2 Å². The van der Waals surface area contributed by atoms with E-state index >= 15 is 0 Å². The quantitative estimate of drug-likeness (QED) is 0.565. The lowest BCUT2D eigenvalue weighted by molar-refractivity contribution is -0.385. The first-order valence-electron chi connectivity index (χ1n) is 8.22. The monoisotopic (exact) mass is 368 g/mol. The molecule has 26 heavy (non-hydrogen) atoms. The van der Waals surface area contributed by atoms with Crippen LogP contribution in [0.5, 0.6) is 0 Å². The summed E-state index contributed by atoms with van der Waals surface area (Å²) >= 11 is 1.52.